The summed E-state index contributed by atoms with van der Waals surface area (Å²) in [6.07, 6.45) is 15.3. The zero-order valence-corrected chi connectivity index (χ0v) is 19.4. The number of nitrogens with zero attached hydrogens (tertiary/aromatic N) is 3. The van der Waals surface area contributed by atoms with Crippen LogP contribution in [0.15, 0.2) is 29.1 Å². The van der Waals surface area contributed by atoms with Crippen LogP contribution in [0.1, 0.15) is 93.6 Å². The zero-order valence-electron chi connectivity index (χ0n) is 19.4. The quantitative estimate of drug-likeness (QED) is 0.713. The average Bonchev–Trinajstić information content (AvgIpc) is 3.11. The Morgan fingerprint density at radius 1 is 0.879 bits per heavy atom. The minimum Gasteiger partial charge on any atom is -0.476 e. The summed E-state index contributed by atoms with van der Waals surface area (Å²) in [7, 11) is 0. The Hall–Kier alpha value is -2.21. The first-order valence-corrected chi connectivity index (χ1v) is 13.1. The molecule has 0 unspecified atom stereocenters. The van der Waals surface area contributed by atoms with Crippen molar-refractivity contribution in [2.24, 2.45) is 11.8 Å². The minimum absolute atomic E-state index is 0.0419. The molecule has 4 bridgehead atoms. The number of rotatable bonds is 3. The van der Waals surface area contributed by atoms with Crippen molar-refractivity contribution < 1.29 is 9.90 Å². The third-order valence-electron chi connectivity index (χ3n) is 9.25. The highest BCUT2D eigenvalue weighted by molar-refractivity contribution is 5.88. The summed E-state index contributed by atoms with van der Waals surface area (Å²) in [5, 5.41) is 9.65. The fourth-order valence-corrected chi connectivity index (χ4v) is 7.94. The molecule has 6 rings (SSSR count). The lowest BCUT2D eigenvalue weighted by Gasteiger charge is -2.54. The van der Waals surface area contributed by atoms with E-state index in [2.05, 4.69) is 9.88 Å². The number of piperidine rings is 2. The highest BCUT2D eigenvalue weighted by Crippen LogP contribution is 2.47. The van der Waals surface area contributed by atoms with Crippen molar-refractivity contribution in [2.45, 2.75) is 101 Å². The number of fused-ring (bicyclic) bond motifs is 7. The first kappa shape index (κ1) is 21.3. The Morgan fingerprint density at radius 3 is 2.24 bits per heavy atom. The van der Waals surface area contributed by atoms with Crippen LogP contribution in [0.4, 0.5) is 0 Å². The second-order valence-corrected chi connectivity index (χ2v) is 11.0. The summed E-state index contributed by atoms with van der Waals surface area (Å²) in [4.78, 5) is 32.2. The van der Waals surface area contributed by atoms with Gasteiger partial charge >= 0.3 is 5.97 Å². The van der Waals surface area contributed by atoms with Crippen LogP contribution in [0.25, 0.3) is 11.0 Å². The van der Waals surface area contributed by atoms with Gasteiger partial charge in [0.15, 0.2) is 0 Å². The third kappa shape index (κ3) is 3.71. The van der Waals surface area contributed by atoms with Gasteiger partial charge in [0.1, 0.15) is 0 Å². The van der Waals surface area contributed by atoms with Crippen molar-refractivity contribution in [3.8, 4) is 0 Å². The molecule has 6 nitrogen and oxygen atoms in total. The molecule has 1 aromatic carbocycles. The minimum atomic E-state index is -1.23. The van der Waals surface area contributed by atoms with Crippen LogP contribution in [0.3, 0.4) is 0 Å². The van der Waals surface area contributed by atoms with Crippen LogP contribution in [0.2, 0.25) is 0 Å². The molecule has 4 aliphatic rings. The largest absolute Gasteiger partial charge is 0.476 e. The number of aromatic carboxylic acids is 1. The van der Waals surface area contributed by atoms with Gasteiger partial charge in [0.2, 0.25) is 5.69 Å². The number of para-hydroxylation sites is 2. The molecule has 2 saturated carbocycles. The maximum Gasteiger partial charge on any atom is 0.360 e. The lowest BCUT2D eigenvalue weighted by Crippen LogP contribution is -2.58. The first-order valence-electron chi connectivity index (χ1n) is 13.1. The van der Waals surface area contributed by atoms with Gasteiger partial charge < -0.3 is 9.67 Å². The molecule has 2 aliphatic heterocycles. The van der Waals surface area contributed by atoms with Gasteiger partial charge in [-0.1, -0.05) is 44.2 Å². The zero-order chi connectivity index (χ0) is 22.5. The van der Waals surface area contributed by atoms with Crippen molar-refractivity contribution in [1.29, 1.82) is 0 Å². The SMILES string of the molecule is O=C(O)c1nc2ccccc2n([C@H]2C[C@H]3CCC[C@@H](C2)N3[C@H]2CC3CCCC2CCC3)c1=O. The van der Waals surface area contributed by atoms with Gasteiger partial charge in [-0.05, 0) is 68.9 Å². The average molecular weight is 450 g/mol. The van der Waals surface area contributed by atoms with E-state index in [4.69, 9.17) is 0 Å². The fourth-order valence-electron chi connectivity index (χ4n) is 7.94. The fraction of sp³-hybridized carbons (Fsp3) is 0.667. The topological polar surface area (TPSA) is 75.4 Å². The molecule has 2 aromatic rings. The van der Waals surface area contributed by atoms with Crippen molar-refractivity contribution in [1.82, 2.24) is 14.5 Å². The number of benzene rings is 1. The molecular formula is C27H35N3O3. The van der Waals surface area contributed by atoms with E-state index in [9.17, 15) is 14.7 Å². The molecule has 176 valence electrons. The van der Waals surface area contributed by atoms with Crippen molar-refractivity contribution >= 4 is 17.0 Å². The normalized spacial score (nSPS) is 34.7. The van der Waals surface area contributed by atoms with Gasteiger partial charge in [0, 0.05) is 24.2 Å². The van der Waals surface area contributed by atoms with Crippen molar-refractivity contribution in [3.05, 3.63) is 40.3 Å². The predicted molar refractivity (Wildman–Crippen MR) is 128 cm³/mol. The predicted octanol–water partition coefficient (Wildman–Crippen LogP) is 5.01. The Balaban J connectivity index is 1.37. The molecule has 3 heterocycles. The molecule has 4 fully saturated rings. The summed E-state index contributed by atoms with van der Waals surface area (Å²) < 4.78 is 1.79. The Kier molecular flexibility index (Phi) is 5.52. The van der Waals surface area contributed by atoms with E-state index in [1.54, 1.807) is 4.57 Å². The molecule has 0 amide bonds. The van der Waals surface area contributed by atoms with Gasteiger partial charge in [-0.25, -0.2) is 9.78 Å². The number of aromatic nitrogens is 2. The highest BCUT2D eigenvalue weighted by Gasteiger charge is 2.46. The molecule has 2 saturated heterocycles. The molecule has 2 aliphatic carbocycles. The van der Waals surface area contributed by atoms with Crippen molar-refractivity contribution in [3.63, 3.8) is 0 Å². The summed E-state index contributed by atoms with van der Waals surface area (Å²) >= 11 is 0. The van der Waals surface area contributed by atoms with Crippen LogP contribution in [-0.4, -0.2) is 43.7 Å². The standard InChI is InChI=1S/C27H35N3O3/c31-26-25(27(32)33)28-22-12-1-2-13-23(22)30(26)21-15-19-10-5-11-20(16-21)29(19)24-14-17-6-3-8-18(24)9-4-7-17/h1-2,12-13,17-21,24H,3-11,14-16H2,(H,32,33)/t17?,18?,19-,20+,21+,24-/m0/s1. The van der Waals surface area contributed by atoms with Crippen molar-refractivity contribution in [2.75, 3.05) is 0 Å². The molecular weight excluding hydrogens is 414 g/mol. The maximum atomic E-state index is 13.3. The Morgan fingerprint density at radius 2 is 1.55 bits per heavy atom. The molecule has 6 heteroatoms. The van der Waals surface area contributed by atoms with Gasteiger partial charge in [0.05, 0.1) is 11.0 Å². The second-order valence-electron chi connectivity index (χ2n) is 11.0. The van der Waals surface area contributed by atoms with Gasteiger partial charge in [-0.2, -0.15) is 0 Å². The van der Waals surface area contributed by atoms with E-state index in [1.807, 2.05) is 24.3 Å². The van der Waals surface area contributed by atoms with E-state index >= 15 is 0 Å². The molecule has 1 aromatic heterocycles. The van der Waals surface area contributed by atoms with Gasteiger partial charge in [-0.3, -0.25) is 9.69 Å². The van der Waals surface area contributed by atoms with Crippen LogP contribution in [-0.2, 0) is 0 Å². The summed E-state index contributed by atoms with van der Waals surface area (Å²) in [6.45, 7) is 0. The third-order valence-corrected chi connectivity index (χ3v) is 9.25. The van der Waals surface area contributed by atoms with Gasteiger partial charge in [0.25, 0.3) is 5.56 Å². The van der Waals surface area contributed by atoms with Crippen LogP contribution >= 0.6 is 0 Å². The number of carbonyl (C=O) groups is 1. The number of carboxylic acid groups (broad SMARTS) is 1. The first-order chi connectivity index (χ1) is 16.1. The summed E-state index contributed by atoms with van der Waals surface area (Å²) in [6, 6.07) is 9.26. The molecule has 33 heavy (non-hydrogen) atoms. The monoisotopic (exact) mass is 449 g/mol. The lowest BCUT2D eigenvalue weighted by atomic mass is 9.77. The molecule has 4 atom stereocenters. The van der Waals surface area contributed by atoms with Crippen LogP contribution < -0.4 is 5.56 Å². The second kappa shape index (κ2) is 8.53. The number of carboxylic acids is 1. The Bertz CT molecular complexity index is 1090. The lowest BCUT2D eigenvalue weighted by molar-refractivity contribution is -0.0395. The Labute approximate surface area is 195 Å². The summed E-state index contributed by atoms with van der Waals surface area (Å²) in [5.41, 5.74) is 0.580. The molecule has 0 radical (unpaired) electrons. The molecule has 0 spiro atoms. The number of hydrogen-bond donors (Lipinski definition) is 1. The van der Waals surface area contributed by atoms with E-state index in [0.717, 1.165) is 30.2 Å². The van der Waals surface area contributed by atoms with Crippen LogP contribution in [0, 0.1) is 11.8 Å². The van der Waals surface area contributed by atoms with E-state index < -0.39 is 11.5 Å². The van der Waals surface area contributed by atoms with E-state index in [1.165, 1.54) is 64.2 Å². The van der Waals surface area contributed by atoms with Crippen LogP contribution in [0.5, 0.6) is 0 Å². The highest BCUT2D eigenvalue weighted by atomic mass is 16.4. The smallest absolute Gasteiger partial charge is 0.360 e. The summed E-state index contributed by atoms with van der Waals surface area (Å²) in [5.74, 6) is 0.494. The maximum absolute atomic E-state index is 13.3. The molecule has 1 N–H and O–H groups in total. The van der Waals surface area contributed by atoms with Gasteiger partial charge in [-0.15, -0.1) is 0 Å². The van der Waals surface area contributed by atoms with E-state index in [0.29, 0.717) is 23.6 Å². The number of hydrogen-bond acceptors (Lipinski definition) is 4. The van der Waals surface area contributed by atoms with E-state index in [-0.39, 0.29) is 11.7 Å².